The summed E-state index contributed by atoms with van der Waals surface area (Å²) in [4.78, 5) is 0. The highest BCUT2D eigenvalue weighted by Gasteiger charge is 2.31. The van der Waals surface area contributed by atoms with Crippen molar-refractivity contribution in [3.63, 3.8) is 0 Å². The zero-order valence-corrected chi connectivity index (χ0v) is 9.00. The van der Waals surface area contributed by atoms with E-state index >= 15 is 0 Å². The molecule has 15 heavy (non-hydrogen) atoms. The van der Waals surface area contributed by atoms with Crippen molar-refractivity contribution in [3.05, 3.63) is 23.3 Å². The van der Waals surface area contributed by atoms with Crippen molar-refractivity contribution in [3.8, 4) is 24.7 Å². The summed E-state index contributed by atoms with van der Waals surface area (Å²) in [6.07, 6.45) is 14.6. The maximum absolute atomic E-state index is 9.63. The van der Waals surface area contributed by atoms with Crippen molar-refractivity contribution in [1.29, 1.82) is 0 Å². The minimum Gasteiger partial charge on any atom is -0.378 e. The summed E-state index contributed by atoms with van der Waals surface area (Å²) in [5, 5.41) is 19.3. The summed E-state index contributed by atoms with van der Waals surface area (Å²) in [6.45, 7) is 0. The molecule has 0 saturated carbocycles. The Balaban J connectivity index is 2.91. The van der Waals surface area contributed by atoms with Crippen LogP contribution in [-0.2, 0) is 0 Å². The van der Waals surface area contributed by atoms with Crippen LogP contribution in [0.3, 0.4) is 0 Å². The Labute approximate surface area is 94.1 Å². The quantitative estimate of drug-likeness (QED) is 0.688. The number of allylic oxidation sites excluding steroid dienone is 2. The summed E-state index contributed by atoms with van der Waals surface area (Å²) in [5.41, 5.74) is -0.0591. The van der Waals surface area contributed by atoms with Gasteiger partial charge < -0.3 is 10.2 Å². The fourth-order valence-corrected chi connectivity index (χ4v) is 2.33. The van der Waals surface area contributed by atoms with Gasteiger partial charge in [0, 0.05) is 12.8 Å². The lowest BCUT2D eigenvalue weighted by Gasteiger charge is -2.03. The maximum atomic E-state index is 9.63. The third-order valence-corrected chi connectivity index (χ3v) is 3.03. The Morgan fingerprint density at radius 1 is 1.07 bits per heavy atom. The van der Waals surface area contributed by atoms with Crippen molar-refractivity contribution in [1.82, 2.24) is 0 Å². The fourth-order valence-electron chi connectivity index (χ4n) is 1.33. The predicted molar refractivity (Wildman–Crippen MR) is 62.7 cm³/mol. The Morgan fingerprint density at radius 3 is 1.80 bits per heavy atom. The van der Waals surface area contributed by atoms with Gasteiger partial charge in [-0.3, -0.25) is 0 Å². The van der Waals surface area contributed by atoms with Crippen LogP contribution in [-0.4, -0.2) is 21.1 Å². The number of aliphatic hydroxyl groups is 2. The molecule has 2 nitrogen and oxygen atoms in total. The fraction of sp³-hybridized carbons (Fsp3) is 0.333. The van der Waals surface area contributed by atoms with Crippen LogP contribution in [0.15, 0.2) is 23.3 Å². The van der Waals surface area contributed by atoms with Gasteiger partial charge in [-0.2, -0.15) is 0 Å². The first-order valence-electron chi connectivity index (χ1n) is 4.49. The molecule has 3 heteroatoms. The van der Waals surface area contributed by atoms with Crippen molar-refractivity contribution in [2.45, 2.75) is 23.7 Å². The number of hydrogen-bond donors (Lipinski definition) is 2. The molecule has 1 rings (SSSR count). The number of rotatable bonds is 2. The summed E-state index contributed by atoms with van der Waals surface area (Å²) < 4.78 is 0. The van der Waals surface area contributed by atoms with Gasteiger partial charge in [0.25, 0.3) is 0 Å². The van der Waals surface area contributed by atoms with E-state index in [4.69, 9.17) is 12.8 Å². The molecule has 1 fully saturated rings. The van der Waals surface area contributed by atoms with E-state index in [0.717, 1.165) is 11.8 Å². The first-order valence-corrected chi connectivity index (χ1v) is 5.44. The van der Waals surface area contributed by atoms with E-state index in [2.05, 4.69) is 11.8 Å². The zero-order valence-electron chi connectivity index (χ0n) is 8.18. The molecule has 0 aromatic heterocycles. The van der Waals surface area contributed by atoms with E-state index in [1.165, 1.54) is 0 Å². The van der Waals surface area contributed by atoms with Gasteiger partial charge in [-0.15, -0.1) is 24.7 Å². The molecule has 1 heterocycles. The van der Waals surface area contributed by atoms with Crippen LogP contribution in [0.25, 0.3) is 0 Å². The Morgan fingerprint density at radius 2 is 1.47 bits per heavy atom. The highest BCUT2D eigenvalue weighted by atomic mass is 32.2. The van der Waals surface area contributed by atoms with Gasteiger partial charge in [0.2, 0.25) is 0 Å². The lowest BCUT2D eigenvalue weighted by molar-refractivity contribution is 0.301. The van der Waals surface area contributed by atoms with Crippen molar-refractivity contribution >= 4 is 11.8 Å². The first kappa shape index (κ1) is 11.9. The number of terminal acetylenes is 2. The molecule has 0 aliphatic carbocycles. The second kappa shape index (κ2) is 5.68. The zero-order chi connectivity index (χ0) is 11.3. The van der Waals surface area contributed by atoms with Gasteiger partial charge >= 0.3 is 0 Å². The number of thioether (sulfide) groups is 1. The highest BCUT2D eigenvalue weighted by Crippen LogP contribution is 2.39. The highest BCUT2D eigenvalue weighted by molar-refractivity contribution is 8.00. The summed E-state index contributed by atoms with van der Waals surface area (Å²) in [6, 6.07) is 0. The standard InChI is InChI=1S/C12H12O2S/c1-3-5-7-9-10(8-6-4-2)12(14)15-11(9)13/h1-2,7-8,11-14H,5-6H2. The van der Waals surface area contributed by atoms with E-state index in [1.54, 1.807) is 12.2 Å². The van der Waals surface area contributed by atoms with Crippen molar-refractivity contribution < 1.29 is 10.2 Å². The molecule has 0 spiro atoms. The van der Waals surface area contributed by atoms with Crippen LogP contribution < -0.4 is 0 Å². The average Bonchev–Trinajstić information content (AvgIpc) is 2.47. The minimum absolute atomic E-state index is 0.438. The smallest absolute Gasteiger partial charge is 0.128 e. The van der Waals surface area contributed by atoms with E-state index in [9.17, 15) is 10.2 Å². The average molecular weight is 220 g/mol. The molecule has 1 aliphatic heterocycles. The molecule has 2 unspecified atom stereocenters. The molecule has 2 atom stereocenters. The van der Waals surface area contributed by atoms with Gasteiger partial charge in [-0.1, -0.05) is 23.9 Å². The SMILES string of the molecule is C#CCC=C1C(=CCC#C)C(O)SC1O. The van der Waals surface area contributed by atoms with Crippen LogP contribution >= 0.6 is 11.8 Å². The molecule has 1 aliphatic rings. The molecule has 0 aromatic rings. The molecule has 0 radical (unpaired) electrons. The summed E-state index contributed by atoms with van der Waals surface area (Å²) in [5.74, 6) is 4.92. The second-order valence-corrected chi connectivity index (χ2v) is 4.14. The lowest BCUT2D eigenvalue weighted by Crippen LogP contribution is -2.00. The summed E-state index contributed by atoms with van der Waals surface area (Å²) in [7, 11) is 0. The van der Waals surface area contributed by atoms with E-state index < -0.39 is 10.9 Å². The van der Waals surface area contributed by atoms with Crippen LogP contribution in [0, 0.1) is 24.7 Å². The maximum Gasteiger partial charge on any atom is 0.128 e. The molecule has 0 amide bonds. The van der Waals surface area contributed by atoms with E-state index in [1.807, 2.05) is 0 Å². The Bertz CT molecular complexity index is 332. The van der Waals surface area contributed by atoms with Crippen molar-refractivity contribution in [2.75, 3.05) is 0 Å². The first-order chi connectivity index (χ1) is 7.20. The Kier molecular flexibility index (Phi) is 4.52. The van der Waals surface area contributed by atoms with Gasteiger partial charge in [-0.25, -0.2) is 0 Å². The Hall–Kier alpha value is -1.13. The monoisotopic (exact) mass is 220 g/mol. The van der Waals surface area contributed by atoms with Gasteiger partial charge in [0.1, 0.15) is 10.9 Å². The van der Waals surface area contributed by atoms with Gasteiger partial charge in [0.05, 0.1) is 0 Å². The minimum atomic E-state index is -0.711. The molecule has 2 N–H and O–H groups in total. The molecular formula is C12H12O2S. The molecule has 78 valence electrons. The third-order valence-electron chi connectivity index (χ3n) is 2.00. The van der Waals surface area contributed by atoms with Crippen LogP contribution in [0.5, 0.6) is 0 Å². The third kappa shape index (κ3) is 2.91. The van der Waals surface area contributed by atoms with E-state index in [-0.39, 0.29) is 0 Å². The van der Waals surface area contributed by atoms with Crippen LogP contribution in [0.2, 0.25) is 0 Å². The lowest BCUT2D eigenvalue weighted by atomic mass is 10.1. The molecular weight excluding hydrogens is 208 g/mol. The van der Waals surface area contributed by atoms with Crippen LogP contribution in [0.1, 0.15) is 12.8 Å². The number of hydrogen-bond acceptors (Lipinski definition) is 3. The molecule has 1 saturated heterocycles. The molecule has 0 aromatic carbocycles. The number of aliphatic hydroxyl groups excluding tert-OH is 2. The van der Waals surface area contributed by atoms with E-state index in [0.29, 0.717) is 24.0 Å². The van der Waals surface area contributed by atoms with Crippen molar-refractivity contribution in [2.24, 2.45) is 0 Å². The largest absolute Gasteiger partial charge is 0.378 e. The van der Waals surface area contributed by atoms with Gasteiger partial charge in [-0.05, 0) is 11.1 Å². The predicted octanol–water partition coefficient (Wildman–Crippen LogP) is 1.27. The second-order valence-electron chi connectivity index (χ2n) is 2.98. The summed E-state index contributed by atoms with van der Waals surface area (Å²) >= 11 is 1.07. The molecule has 0 bridgehead atoms. The van der Waals surface area contributed by atoms with Gasteiger partial charge in [0.15, 0.2) is 0 Å². The normalized spacial score (nSPS) is 30.4. The topological polar surface area (TPSA) is 40.5 Å². The van der Waals surface area contributed by atoms with Crippen LogP contribution in [0.4, 0.5) is 0 Å².